The van der Waals surface area contributed by atoms with E-state index in [-0.39, 0.29) is 6.42 Å². The van der Waals surface area contributed by atoms with Crippen molar-refractivity contribution in [1.82, 2.24) is 0 Å². The van der Waals surface area contributed by atoms with Gasteiger partial charge >= 0.3 is 11.6 Å². The van der Waals surface area contributed by atoms with Gasteiger partial charge in [0.15, 0.2) is 0 Å². The number of allylic oxidation sites excluding steroid dienone is 2. The number of carboxylic acid groups (broad SMARTS) is 1. The molecule has 1 rings (SSSR count). The summed E-state index contributed by atoms with van der Waals surface area (Å²) in [6.07, 6.45) is 7.15. The predicted molar refractivity (Wildman–Crippen MR) is 66.8 cm³/mol. The first-order valence-electron chi connectivity index (χ1n) is 5.72. The third-order valence-electron chi connectivity index (χ3n) is 2.41. The number of carbonyl (C=O) groups is 1. The highest BCUT2D eigenvalue weighted by molar-refractivity contribution is 5.66. The van der Waals surface area contributed by atoms with Crippen LogP contribution in [-0.4, -0.2) is 26.6 Å². The highest BCUT2D eigenvalue weighted by Gasteiger charge is 2.52. The van der Waals surface area contributed by atoms with Gasteiger partial charge < -0.3 is 5.11 Å². The van der Waals surface area contributed by atoms with Gasteiger partial charge in [-0.1, -0.05) is 31.6 Å². The molecule has 1 N–H and O–H groups in total. The Morgan fingerprint density at radius 3 is 2.11 bits per heavy atom. The summed E-state index contributed by atoms with van der Waals surface area (Å²) in [5, 5.41) is 28.8. The monoisotopic (exact) mass is 272 g/mol. The molecule has 0 saturated heterocycles. The lowest BCUT2D eigenvalue weighted by atomic mass is 10.0. The second-order valence-corrected chi connectivity index (χ2v) is 3.88. The lowest BCUT2D eigenvalue weighted by Gasteiger charge is -2.12. The van der Waals surface area contributed by atoms with E-state index < -0.39 is 21.5 Å². The largest absolute Gasteiger partial charge is 0.481 e. The summed E-state index contributed by atoms with van der Waals surface area (Å²) in [7, 11) is 0. The molecule has 1 aliphatic carbocycles. The minimum atomic E-state index is -2.14. The first-order chi connectivity index (χ1) is 8.86. The lowest BCUT2D eigenvalue weighted by Crippen LogP contribution is -2.44. The number of rotatable bonds is 5. The fraction of sp³-hybridized carbons (Fsp3) is 0.545. The quantitative estimate of drug-likeness (QED) is 0.463. The van der Waals surface area contributed by atoms with E-state index in [9.17, 15) is 25.0 Å². The van der Waals surface area contributed by atoms with Gasteiger partial charge in [-0.2, -0.15) is 0 Å². The van der Waals surface area contributed by atoms with E-state index in [1.165, 1.54) is 12.2 Å². The van der Waals surface area contributed by atoms with Crippen molar-refractivity contribution in [1.29, 1.82) is 0 Å². The van der Waals surface area contributed by atoms with Gasteiger partial charge in [0.1, 0.15) is 16.3 Å². The van der Waals surface area contributed by atoms with E-state index in [1.807, 2.05) is 6.92 Å². The van der Waals surface area contributed by atoms with E-state index in [1.54, 1.807) is 6.08 Å². The molecule has 106 valence electrons. The van der Waals surface area contributed by atoms with Gasteiger partial charge in [-0.25, -0.2) is 0 Å². The standard InChI is InChI=1S/C6H6N2O4.C5H10O2/c9-7(10)6(8(11)12)4-2-1-3-5-6;1-2-3-4-5(6)7/h1-4H,5H2;2-4H2,1H3,(H,6,7). The molecule has 0 aromatic rings. The van der Waals surface area contributed by atoms with Crippen LogP contribution in [0.15, 0.2) is 24.3 Å². The smallest absolute Gasteiger partial charge is 0.481 e. The molecule has 0 aromatic heterocycles. The maximum absolute atomic E-state index is 10.4. The molecule has 0 spiro atoms. The third-order valence-corrected chi connectivity index (χ3v) is 2.41. The zero-order valence-corrected chi connectivity index (χ0v) is 10.5. The Morgan fingerprint density at radius 1 is 1.32 bits per heavy atom. The van der Waals surface area contributed by atoms with E-state index >= 15 is 0 Å². The Morgan fingerprint density at radius 2 is 1.89 bits per heavy atom. The van der Waals surface area contributed by atoms with Crippen LogP contribution in [0.25, 0.3) is 0 Å². The minimum Gasteiger partial charge on any atom is -0.481 e. The Bertz CT molecular complexity index is 388. The summed E-state index contributed by atoms with van der Waals surface area (Å²) >= 11 is 0. The number of aliphatic carboxylic acids is 1. The summed E-state index contributed by atoms with van der Waals surface area (Å²) in [5.74, 6) is -0.693. The molecule has 0 fully saturated rings. The highest BCUT2D eigenvalue weighted by atomic mass is 16.7. The molecule has 0 radical (unpaired) electrons. The minimum absolute atomic E-state index is 0.191. The third kappa shape index (κ3) is 5.28. The molecule has 0 atom stereocenters. The average Bonchev–Trinajstić information content (AvgIpc) is 2.37. The SMILES string of the molecule is CCCCC(=O)O.O=[N+]([O-])C1([N+](=O)[O-])C=CC=CC1. The fourth-order valence-corrected chi connectivity index (χ4v) is 1.26. The van der Waals surface area contributed by atoms with E-state index in [0.717, 1.165) is 18.9 Å². The Balaban J connectivity index is 0.000000399. The molecule has 0 bridgehead atoms. The van der Waals surface area contributed by atoms with E-state index in [2.05, 4.69) is 0 Å². The summed E-state index contributed by atoms with van der Waals surface area (Å²) in [6.45, 7) is 1.98. The molecule has 0 saturated carbocycles. The maximum atomic E-state index is 10.4. The van der Waals surface area contributed by atoms with Crippen LogP contribution < -0.4 is 0 Å². The van der Waals surface area contributed by atoms with Crippen LogP contribution in [0.2, 0.25) is 0 Å². The van der Waals surface area contributed by atoms with Gasteiger partial charge in [-0.15, -0.1) is 0 Å². The predicted octanol–water partition coefficient (Wildman–Crippen LogP) is 2.01. The highest BCUT2D eigenvalue weighted by Crippen LogP contribution is 2.21. The van der Waals surface area contributed by atoms with Crippen LogP contribution in [0.3, 0.4) is 0 Å². The molecule has 8 nitrogen and oxygen atoms in total. The molecule has 0 unspecified atom stereocenters. The van der Waals surface area contributed by atoms with Crippen molar-refractivity contribution in [2.45, 2.75) is 38.3 Å². The number of nitro groups is 2. The molecule has 0 aromatic carbocycles. The first-order valence-corrected chi connectivity index (χ1v) is 5.72. The van der Waals surface area contributed by atoms with Crippen molar-refractivity contribution >= 4 is 5.97 Å². The van der Waals surface area contributed by atoms with Crippen LogP contribution in [-0.2, 0) is 4.79 Å². The molecular weight excluding hydrogens is 256 g/mol. The summed E-state index contributed by atoms with van der Waals surface area (Å²) < 4.78 is 0. The molecule has 1 aliphatic rings. The Hall–Kier alpha value is -2.25. The van der Waals surface area contributed by atoms with Gasteiger partial charge in [0.05, 0.1) is 6.08 Å². The lowest BCUT2D eigenvalue weighted by molar-refractivity contribution is -0.780. The van der Waals surface area contributed by atoms with Crippen molar-refractivity contribution < 1.29 is 19.7 Å². The van der Waals surface area contributed by atoms with Crippen molar-refractivity contribution in [2.75, 3.05) is 0 Å². The molecular formula is C11H16N2O6. The summed E-state index contributed by atoms with van der Waals surface area (Å²) in [4.78, 5) is 28.8. The van der Waals surface area contributed by atoms with Gasteiger partial charge in [0.25, 0.3) is 0 Å². The van der Waals surface area contributed by atoms with Crippen molar-refractivity contribution in [2.24, 2.45) is 0 Å². The molecule has 0 heterocycles. The van der Waals surface area contributed by atoms with Gasteiger partial charge in [0.2, 0.25) is 0 Å². The van der Waals surface area contributed by atoms with Crippen molar-refractivity contribution in [3.05, 3.63) is 44.5 Å². The second-order valence-electron chi connectivity index (χ2n) is 3.88. The molecule has 0 aliphatic heterocycles. The summed E-state index contributed by atoms with van der Waals surface area (Å²) in [6, 6.07) is 0. The van der Waals surface area contributed by atoms with Crippen molar-refractivity contribution in [3.8, 4) is 0 Å². The van der Waals surface area contributed by atoms with Gasteiger partial charge in [-0.05, 0) is 6.42 Å². The van der Waals surface area contributed by atoms with E-state index in [0.29, 0.717) is 6.42 Å². The van der Waals surface area contributed by atoms with Gasteiger partial charge in [-0.3, -0.25) is 25.0 Å². The van der Waals surface area contributed by atoms with Crippen LogP contribution in [0.1, 0.15) is 32.6 Å². The number of carboxylic acids is 1. The topological polar surface area (TPSA) is 124 Å². The number of hydrogen-bond acceptors (Lipinski definition) is 5. The van der Waals surface area contributed by atoms with Crippen molar-refractivity contribution in [3.63, 3.8) is 0 Å². The zero-order valence-electron chi connectivity index (χ0n) is 10.5. The van der Waals surface area contributed by atoms with Crippen LogP contribution in [0.5, 0.6) is 0 Å². The fourth-order valence-electron chi connectivity index (χ4n) is 1.26. The molecule has 19 heavy (non-hydrogen) atoms. The molecule has 0 amide bonds. The number of unbranched alkanes of at least 4 members (excludes halogenated alkanes) is 1. The number of nitrogens with zero attached hydrogens (tertiary/aromatic N) is 2. The summed E-state index contributed by atoms with van der Waals surface area (Å²) in [5.41, 5.74) is -2.14. The van der Waals surface area contributed by atoms with Crippen LogP contribution in [0.4, 0.5) is 0 Å². The Labute approximate surface area is 109 Å². The van der Waals surface area contributed by atoms with Crippen LogP contribution >= 0.6 is 0 Å². The van der Waals surface area contributed by atoms with Crippen LogP contribution in [0, 0.1) is 20.2 Å². The first kappa shape index (κ1) is 16.8. The molecule has 8 heteroatoms. The average molecular weight is 272 g/mol. The second kappa shape index (κ2) is 7.96. The maximum Gasteiger partial charge on any atom is 0.481 e. The van der Waals surface area contributed by atoms with E-state index in [4.69, 9.17) is 5.11 Å². The normalized spacial score (nSPS) is 15.2. The number of hydrogen-bond donors (Lipinski definition) is 1. The van der Waals surface area contributed by atoms with Gasteiger partial charge in [0, 0.05) is 6.42 Å². The zero-order chi connectivity index (χ0) is 14.9. The Kier molecular flexibility index (Phi) is 7.02.